The van der Waals surface area contributed by atoms with E-state index in [2.05, 4.69) is 32.3 Å². The Labute approximate surface area is 321 Å². The number of urea groups is 1. The summed E-state index contributed by atoms with van der Waals surface area (Å²) in [6, 6.07) is 18.2. The summed E-state index contributed by atoms with van der Waals surface area (Å²) in [5.41, 5.74) is 2.92. The SMILES string of the molecule is C[C@H]1CCCCN1c1nnc2ccc(O[C@@H]3CC[C@H](NC(=O)N(OC=O)c4cc(C(C)(C)C)nn4-c4cccc(OCCN(C)C)n4)c4ccccc43)cn12. The molecule has 290 valence electrons. The number of pyridine rings is 2. The zero-order valence-electron chi connectivity index (χ0n) is 32.4. The van der Waals surface area contributed by atoms with Crippen molar-refractivity contribution >= 4 is 29.9 Å². The number of nitrogens with one attached hydrogen (secondary N) is 1. The molecule has 0 spiro atoms. The molecule has 0 bridgehead atoms. The first-order valence-electron chi connectivity index (χ1n) is 18.9. The molecule has 1 aliphatic carbocycles. The molecule has 1 aliphatic heterocycles. The molecule has 3 atom stereocenters. The Balaban J connectivity index is 1.13. The van der Waals surface area contributed by atoms with Crippen LogP contribution in [0.15, 0.2) is 66.9 Å². The van der Waals surface area contributed by atoms with E-state index in [1.165, 1.54) is 11.1 Å². The van der Waals surface area contributed by atoms with E-state index < -0.39 is 11.4 Å². The summed E-state index contributed by atoms with van der Waals surface area (Å²) < 4.78 is 16.0. The molecule has 0 saturated carbocycles. The molecule has 0 unspecified atom stereocenters. The number of ether oxygens (including phenoxy) is 2. The largest absolute Gasteiger partial charge is 0.484 e. The molecule has 4 aromatic heterocycles. The normalized spacial score (nSPS) is 18.5. The number of piperidine rings is 1. The predicted molar refractivity (Wildman–Crippen MR) is 208 cm³/mol. The Morgan fingerprint density at radius 1 is 1.00 bits per heavy atom. The third-order valence-corrected chi connectivity index (χ3v) is 10.1. The van der Waals surface area contributed by atoms with Crippen LogP contribution < -0.4 is 24.8 Å². The van der Waals surface area contributed by atoms with Crippen LogP contribution in [0.1, 0.15) is 88.8 Å². The van der Waals surface area contributed by atoms with Gasteiger partial charge in [0, 0.05) is 36.7 Å². The first-order chi connectivity index (χ1) is 26.5. The molecule has 2 aliphatic rings. The highest BCUT2D eigenvalue weighted by molar-refractivity contribution is 5.90. The van der Waals surface area contributed by atoms with Crippen LogP contribution >= 0.6 is 0 Å². The maximum atomic E-state index is 14.2. The number of hydroxylamine groups is 1. The summed E-state index contributed by atoms with van der Waals surface area (Å²) in [4.78, 5) is 40.5. The Bertz CT molecular complexity index is 2120. The van der Waals surface area contributed by atoms with Crippen molar-refractivity contribution in [3.8, 4) is 17.4 Å². The van der Waals surface area contributed by atoms with Gasteiger partial charge >= 0.3 is 12.5 Å². The van der Waals surface area contributed by atoms with Crippen molar-refractivity contribution in [1.82, 2.24) is 39.6 Å². The lowest BCUT2D eigenvalue weighted by atomic mass is 9.85. The lowest BCUT2D eigenvalue weighted by Gasteiger charge is -2.34. The van der Waals surface area contributed by atoms with Crippen molar-refractivity contribution < 1.29 is 23.9 Å². The summed E-state index contributed by atoms with van der Waals surface area (Å²) in [5.74, 6) is 2.54. The molecule has 1 aromatic carbocycles. The smallest absolute Gasteiger partial charge is 0.357 e. The zero-order valence-corrected chi connectivity index (χ0v) is 32.4. The van der Waals surface area contributed by atoms with Gasteiger partial charge in [0.25, 0.3) is 0 Å². The minimum atomic E-state index is -0.635. The topological polar surface area (TPSA) is 144 Å². The quantitative estimate of drug-likeness (QED) is 0.115. The van der Waals surface area contributed by atoms with Gasteiger partial charge in [-0.15, -0.1) is 15.3 Å². The van der Waals surface area contributed by atoms with Crippen molar-refractivity contribution in [3.63, 3.8) is 0 Å². The highest BCUT2D eigenvalue weighted by atomic mass is 16.7. The minimum Gasteiger partial charge on any atom is -0.484 e. The number of rotatable bonds is 12. The lowest BCUT2D eigenvalue weighted by molar-refractivity contribution is -0.129. The van der Waals surface area contributed by atoms with Crippen molar-refractivity contribution in [2.45, 2.75) is 83.4 Å². The number of benzene rings is 1. The van der Waals surface area contributed by atoms with Gasteiger partial charge in [-0.05, 0) is 82.4 Å². The molecule has 5 aromatic rings. The van der Waals surface area contributed by atoms with Crippen LogP contribution in [0, 0.1) is 0 Å². The molecule has 1 fully saturated rings. The Morgan fingerprint density at radius 3 is 2.58 bits per heavy atom. The van der Waals surface area contributed by atoms with Crippen molar-refractivity contribution in [2.24, 2.45) is 0 Å². The van der Waals surface area contributed by atoms with E-state index >= 15 is 0 Å². The van der Waals surface area contributed by atoms with Gasteiger partial charge in [-0.2, -0.15) is 14.8 Å². The average Bonchev–Trinajstić information content (AvgIpc) is 3.80. The number of aromatic nitrogens is 6. The first kappa shape index (κ1) is 37.6. The van der Waals surface area contributed by atoms with Crippen LogP contribution in [0.2, 0.25) is 0 Å². The van der Waals surface area contributed by atoms with Crippen LogP contribution in [0.3, 0.4) is 0 Å². The lowest BCUT2D eigenvalue weighted by Crippen LogP contribution is -2.43. The van der Waals surface area contributed by atoms with Gasteiger partial charge in [-0.3, -0.25) is 9.20 Å². The second-order valence-corrected chi connectivity index (χ2v) is 15.5. The molecule has 15 heteroatoms. The second-order valence-electron chi connectivity index (χ2n) is 15.5. The summed E-state index contributed by atoms with van der Waals surface area (Å²) in [5, 5.41) is 17.8. The van der Waals surface area contributed by atoms with Crippen LogP contribution in [-0.4, -0.2) is 86.6 Å². The highest BCUT2D eigenvalue weighted by Gasteiger charge is 2.34. The van der Waals surface area contributed by atoms with Gasteiger partial charge in [0.05, 0.1) is 17.9 Å². The van der Waals surface area contributed by atoms with Gasteiger partial charge in [0.15, 0.2) is 17.3 Å². The number of likely N-dealkylation sites (N-methyl/N-ethyl adjacent to an activating group) is 1. The van der Waals surface area contributed by atoms with E-state index in [1.54, 1.807) is 24.3 Å². The number of carbonyl (C=O) groups excluding carboxylic acids is 2. The molecule has 2 amide bonds. The highest BCUT2D eigenvalue weighted by Crippen LogP contribution is 2.39. The number of fused-ring (bicyclic) bond motifs is 2. The fraction of sp³-hybridized carbons (Fsp3) is 0.450. The Hall–Kier alpha value is -5.70. The zero-order chi connectivity index (χ0) is 38.7. The number of hydrogen-bond donors (Lipinski definition) is 1. The van der Waals surface area contributed by atoms with Gasteiger partial charge in [-0.1, -0.05) is 51.1 Å². The number of anilines is 2. The molecule has 15 nitrogen and oxygen atoms in total. The third kappa shape index (κ3) is 8.21. The molecule has 7 rings (SSSR count). The molecular formula is C40H50N10O5. The van der Waals surface area contributed by atoms with E-state index in [0.29, 0.717) is 55.2 Å². The van der Waals surface area contributed by atoms with E-state index in [0.717, 1.165) is 47.2 Å². The van der Waals surface area contributed by atoms with Gasteiger partial charge in [-0.25, -0.2) is 4.79 Å². The van der Waals surface area contributed by atoms with E-state index in [-0.39, 0.29) is 24.4 Å². The van der Waals surface area contributed by atoms with Crippen molar-refractivity contribution in [2.75, 3.05) is 43.8 Å². The van der Waals surface area contributed by atoms with Gasteiger partial charge < -0.3 is 29.4 Å². The third-order valence-electron chi connectivity index (χ3n) is 10.1. The fourth-order valence-corrected chi connectivity index (χ4v) is 7.15. The van der Waals surface area contributed by atoms with Gasteiger partial charge in [0.2, 0.25) is 11.8 Å². The van der Waals surface area contributed by atoms with Crippen LogP contribution in [0.5, 0.6) is 11.6 Å². The molecule has 0 radical (unpaired) electrons. The summed E-state index contributed by atoms with van der Waals surface area (Å²) in [7, 11) is 3.93. The van der Waals surface area contributed by atoms with Crippen LogP contribution in [0.4, 0.5) is 16.6 Å². The fourth-order valence-electron chi connectivity index (χ4n) is 7.15. The molecular weight excluding hydrogens is 701 g/mol. The first-order valence-corrected chi connectivity index (χ1v) is 18.9. The van der Waals surface area contributed by atoms with Gasteiger partial charge in [0.1, 0.15) is 18.5 Å². The molecule has 1 saturated heterocycles. The number of hydrogen-bond acceptors (Lipinski definition) is 11. The summed E-state index contributed by atoms with van der Waals surface area (Å²) >= 11 is 0. The number of carbonyl (C=O) groups is 2. The Kier molecular flexibility index (Phi) is 10.9. The summed E-state index contributed by atoms with van der Waals surface area (Å²) in [6.07, 6.45) is 6.39. The minimum absolute atomic E-state index is 0.209. The van der Waals surface area contributed by atoms with Crippen molar-refractivity contribution in [3.05, 3.63) is 83.7 Å². The molecule has 1 N–H and O–H groups in total. The number of amides is 2. The van der Waals surface area contributed by atoms with E-state index in [9.17, 15) is 9.59 Å². The average molecular weight is 751 g/mol. The summed E-state index contributed by atoms with van der Waals surface area (Å²) in [6.45, 7) is 10.6. The molecule has 5 heterocycles. The maximum absolute atomic E-state index is 14.2. The van der Waals surface area contributed by atoms with Crippen molar-refractivity contribution in [1.29, 1.82) is 0 Å². The number of nitrogens with zero attached hydrogens (tertiary/aromatic N) is 9. The maximum Gasteiger partial charge on any atom is 0.357 e. The standard InChI is InChI=1S/C40H50N10O5/c1-27-12-9-10-21-47(27)38-44-43-35-20-17-28(25-48(35)38)55-32-19-18-31(29-13-7-8-14-30(29)32)41-39(52)50(54-26-51)37-24-33(40(2,3)4)45-49(37)34-15-11-16-36(42-34)53-23-22-46(5)6/h7-8,11,13-17,20,24-27,31-32H,9-10,12,18-19,21-23H2,1-6H3,(H,41,52)/t27-,31-,32+/m0/s1. The Morgan fingerprint density at radius 2 is 1.82 bits per heavy atom. The van der Waals surface area contributed by atoms with Crippen LogP contribution in [0.25, 0.3) is 11.5 Å². The second kappa shape index (κ2) is 16.0. The van der Waals surface area contributed by atoms with E-state index in [1.807, 2.05) is 86.8 Å². The monoisotopic (exact) mass is 750 g/mol. The predicted octanol–water partition coefficient (Wildman–Crippen LogP) is 6.19. The van der Waals surface area contributed by atoms with Crippen LogP contribution in [-0.2, 0) is 15.0 Å². The van der Waals surface area contributed by atoms with E-state index in [4.69, 9.17) is 19.4 Å². The molecule has 55 heavy (non-hydrogen) atoms.